The zero-order chi connectivity index (χ0) is 20.5. The molecule has 2 heterocycles. The van der Waals surface area contributed by atoms with Gasteiger partial charge in [-0.05, 0) is 25.8 Å². The second kappa shape index (κ2) is 7.66. The predicted molar refractivity (Wildman–Crippen MR) is 105 cm³/mol. The number of carbonyl (C=O) groups is 4. The van der Waals surface area contributed by atoms with E-state index in [0.29, 0.717) is 18.4 Å². The Morgan fingerprint density at radius 2 is 1.76 bits per heavy atom. The molecule has 1 aromatic carbocycles. The molecule has 0 spiro atoms. The number of para-hydroxylation sites is 1. The van der Waals surface area contributed by atoms with E-state index in [1.165, 1.54) is 0 Å². The molecule has 150 valence electrons. The maximum atomic E-state index is 12.6. The van der Waals surface area contributed by atoms with Gasteiger partial charge in [0.1, 0.15) is 0 Å². The zero-order valence-corrected chi connectivity index (χ0v) is 16.1. The standard InChI is InChI=1S/C22H22N2O5/c1-13-20(16-8-4-5-9-17(16)23-13)18(25)12-29-19(26)10-11-24-21(27)14-6-2-3-7-15(14)22(24)28/h2-5,8-9,14-15,23H,6-7,10-12H2,1H3. The van der Waals surface area contributed by atoms with Gasteiger partial charge < -0.3 is 9.72 Å². The first-order valence-corrected chi connectivity index (χ1v) is 9.73. The van der Waals surface area contributed by atoms with E-state index in [4.69, 9.17) is 4.74 Å². The second-order valence-corrected chi connectivity index (χ2v) is 7.49. The number of hydrogen-bond donors (Lipinski definition) is 1. The van der Waals surface area contributed by atoms with E-state index in [0.717, 1.165) is 21.5 Å². The lowest BCUT2D eigenvalue weighted by Gasteiger charge is -2.14. The van der Waals surface area contributed by atoms with E-state index < -0.39 is 5.97 Å². The second-order valence-electron chi connectivity index (χ2n) is 7.49. The lowest BCUT2D eigenvalue weighted by Crippen LogP contribution is -2.33. The molecule has 7 nitrogen and oxygen atoms in total. The number of ketones is 1. The number of fused-ring (bicyclic) bond motifs is 2. The van der Waals surface area contributed by atoms with Crippen molar-refractivity contribution in [1.82, 2.24) is 9.88 Å². The molecule has 29 heavy (non-hydrogen) atoms. The number of hydrogen-bond acceptors (Lipinski definition) is 5. The number of benzene rings is 1. The largest absolute Gasteiger partial charge is 0.457 e. The molecule has 1 aliphatic carbocycles. The number of carbonyl (C=O) groups excluding carboxylic acids is 4. The average molecular weight is 394 g/mol. The Bertz CT molecular complexity index is 1010. The molecule has 2 aliphatic rings. The van der Waals surface area contributed by atoms with E-state index in [-0.39, 0.29) is 49.0 Å². The van der Waals surface area contributed by atoms with Crippen LogP contribution in [0.5, 0.6) is 0 Å². The minimum atomic E-state index is -0.607. The molecule has 2 amide bonds. The van der Waals surface area contributed by atoms with Crippen molar-refractivity contribution in [2.45, 2.75) is 26.2 Å². The molecule has 0 radical (unpaired) electrons. The number of aromatic nitrogens is 1. The maximum Gasteiger partial charge on any atom is 0.308 e. The van der Waals surface area contributed by atoms with Gasteiger partial charge in [0.05, 0.1) is 18.3 Å². The van der Waals surface area contributed by atoms with Crippen LogP contribution in [0.3, 0.4) is 0 Å². The summed E-state index contributed by atoms with van der Waals surface area (Å²) < 4.78 is 5.12. The van der Waals surface area contributed by atoms with Crippen LogP contribution in [0.1, 0.15) is 35.3 Å². The number of amides is 2. The third-order valence-electron chi connectivity index (χ3n) is 5.68. The Morgan fingerprint density at radius 3 is 2.45 bits per heavy atom. The molecular weight excluding hydrogens is 372 g/mol. The molecule has 1 N–H and O–H groups in total. The lowest BCUT2D eigenvalue weighted by molar-refractivity contribution is -0.145. The van der Waals surface area contributed by atoms with Crippen LogP contribution < -0.4 is 0 Å². The Morgan fingerprint density at radius 1 is 1.10 bits per heavy atom. The molecule has 0 saturated carbocycles. The molecule has 2 unspecified atom stereocenters. The molecule has 7 heteroatoms. The number of ether oxygens (including phenoxy) is 1. The number of esters is 1. The summed E-state index contributed by atoms with van der Waals surface area (Å²) >= 11 is 0. The number of Topliss-reactive ketones (excluding diaryl/α,β-unsaturated/α-hetero) is 1. The molecule has 1 aliphatic heterocycles. The summed E-state index contributed by atoms with van der Waals surface area (Å²) in [6.07, 6.45) is 4.85. The number of imide groups is 1. The molecule has 4 rings (SSSR count). The van der Waals surface area contributed by atoms with Gasteiger partial charge in [-0.15, -0.1) is 0 Å². The number of H-pyrrole nitrogens is 1. The van der Waals surface area contributed by atoms with Crippen LogP contribution in [0, 0.1) is 18.8 Å². The summed E-state index contributed by atoms with van der Waals surface area (Å²) in [7, 11) is 0. The third kappa shape index (κ3) is 3.48. The third-order valence-corrected chi connectivity index (χ3v) is 5.68. The van der Waals surface area contributed by atoms with Crippen molar-refractivity contribution in [2.24, 2.45) is 11.8 Å². The number of likely N-dealkylation sites (tertiary alicyclic amines) is 1. The van der Waals surface area contributed by atoms with Crippen molar-refractivity contribution in [2.75, 3.05) is 13.2 Å². The molecule has 1 aromatic heterocycles. The van der Waals surface area contributed by atoms with Crippen molar-refractivity contribution in [3.63, 3.8) is 0 Å². The van der Waals surface area contributed by atoms with Gasteiger partial charge in [-0.2, -0.15) is 0 Å². The van der Waals surface area contributed by atoms with Gasteiger partial charge >= 0.3 is 5.97 Å². The Labute approximate surface area is 167 Å². The van der Waals surface area contributed by atoms with Crippen LogP contribution in [0.2, 0.25) is 0 Å². The normalized spacial score (nSPS) is 20.9. The van der Waals surface area contributed by atoms with Gasteiger partial charge in [-0.1, -0.05) is 30.4 Å². The Hall–Kier alpha value is -3.22. The summed E-state index contributed by atoms with van der Waals surface area (Å²) in [5, 5.41) is 0.788. The van der Waals surface area contributed by atoms with E-state index >= 15 is 0 Å². The molecule has 2 aromatic rings. The Balaban J connectivity index is 1.32. The minimum Gasteiger partial charge on any atom is -0.457 e. The molecule has 2 atom stereocenters. The first-order valence-electron chi connectivity index (χ1n) is 9.73. The summed E-state index contributed by atoms with van der Waals surface area (Å²) in [6, 6.07) is 7.43. The summed E-state index contributed by atoms with van der Waals surface area (Å²) in [5.74, 6) is -1.96. The topological polar surface area (TPSA) is 96.5 Å². The highest BCUT2D eigenvalue weighted by Crippen LogP contribution is 2.35. The fraction of sp³-hybridized carbons (Fsp3) is 0.364. The summed E-state index contributed by atoms with van der Waals surface area (Å²) in [6.45, 7) is 1.41. The van der Waals surface area contributed by atoms with Gasteiger partial charge in [0.2, 0.25) is 17.6 Å². The number of allylic oxidation sites excluding steroid dienone is 2. The fourth-order valence-electron chi connectivity index (χ4n) is 4.22. The van der Waals surface area contributed by atoms with E-state index in [1.807, 2.05) is 36.4 Å². The van der Waals surface area contributed by atoms with Crippen molar-refractivity contribution < 1.29 is 23.9 Å². The summed E-state index contributed by atoms with van der Waals surface area (Å²) in [4.78, 5) is 53.8. The highest BCUT2D eigenvalue weighted by molar-refractivity contribution is 6.10. The highest BCUT2D eigenvalue weighted by atomic mass is 16.5. The van der Waals surface area contributed by atoms with Gasteiger partial charge in [-0.3, -0.25) is 24.1 Å². The molecule has 1 saturated heterocycles. The van der Waals surface area contributed by atoms with Crippen molar-refractivity contribution in [3.05, 3.63) is 47.7 Å². The minimum absolute atomic E-state index is 0.0101. The van der Waals surface area contributed by atoms with E-state index in [2.05, 4.69) is 4.98 Å². The zero-order valence-electron chi connectivity index (χ0n) is 16.1. The maximum absolute atomic E-state index is 12.6. The summed E-state index contributed by atoms with van der Waals surface area (Å²) in [5.41, 5.74) is 2.08. The van der Waals surface area contributed by atoms with Crippen molar-refractivity contribution in [1.29, 1.82) is 0 Å². The van der Waals surface area contributed by atoms with Crippen LogP contribution in [-0.4, -0.2) is 46.6 Å². The molecular formula is C22H22N2O5. The predicted octanol–water partition coefficient (Wildman–Crippen LogP) is 2.54. The lowest BCUT2D eigenvalue weighted by atomic mass is 9.85. The van der Waals surface area contributed by atoms with E-state index in [9.17, 15) is 19.2 Å². The van der Waals surface area contributed by atoms with Crippen LogP contribution >= 0.6 is 0 Å². The van der Waals surface area contributed by atoms with Gasteiger partial charge in [0.25, 0.3) is 0 Å². The van der Waals surface area contributed by atoms with Crippen LogP contribution in [-0.2, 0) is 19.1 Å². The number of nitrogens with one attached hydrogen (secondary N) is 1. The first-order chi connectivity index (χ1) is 14.0. The van der Waals surface area contributed by atoms with Gasteiger partial charge in [0, 0.05) is 28.7 Å². The van der Waals surface area contributed by atoms with Crippen molar-refractivity contribution >= 4 is 34.5 Å². The van der Waals surface area contributed by atoms with Crippen LogP contribution in [0.15, 0.2) is 36.4 Å². The highest BCUT2D eigenvalue weighted by Gasteiger charge is 2.46. The number of aromatic amines is 1. The average Bonchev–Trinajstić information content (AvgIpc) is 3.18. The Kier molecular flexibility index (Phi) is 5.05. The number of nitrogens with zero attached hydrogens (tertiary/aromatic N) is 1. The monoisotopic (exact) mass is 394 g/mol. The molecule has 1 fully saturated rings. The van der Waals surface area contributed by atoms with E-state index in [1.54, 1.807) is 6.92 Å². The number of rotatable bonds is 6. The van der Waals surface area contributed by atoms with Gasteiger partial charge in [0.15, 0.2) is 6.61 Å². The van der Waals surface area contributed by atoms with Crippen LogP contribution in [0.4, 0.5) is 0 Å². The SMILES string of the molecule is Cc1[nH]c2ccccc2c1C(=O)COC(=O)CCN1C(=O)C2CC=CCC2C1=O. The van der Waals surface area contributed by atoms with Gasteiger partial charge in [-0.25, -0.2) is 0 Å². The first kappa shape index (κ1) is 19.1. The molecule has 0 bridgehead atoms. The quantitative estimate of drug-likeness (QED) is 0.352. The smallest absolute Gasteiger partial charge is 0.308 e. The van der Waals surface area contributed by atoms with Crippen molar-refractivity contribution in [3.8, 4) is 0 Å². The van der Waals surface area contributed by atoms with Crippen LogP contribution in [0.25, 0.3) is 10.9 Å². The number of aryl methyl sites for hydroxylation is 1. The fourth-order valence-corrected chi connectivity index (χ4v) is 4.22.